The molecular formula is C12H17NO3S. The SMILES string of the molecule is CNC(=O)CS(=O)(=O)CCCc1ccccc1. The molecule has 5 heteroatoms. The first-order valence-corrected chi connectivity index (χ1v) is 7.30. The van der Waals surface area contributed by atoms with Crippen LogP contribution in [0, 0.1) is 0 Å². The molecule has 0 aromatic heterocycles. The summed E-state index contributed by atoms with van der Waals surface area (Å²) in [6, 6.07) is 9.70. The first-order valence-electron chi connectivity index (χ1n) is 5.48. The van der Waals surface area contributed by atoms with Crippen molar-refractivity contribution in [1.82, 2.24) is 5.32 Å². The lowest BCUT2D eigenvalue weighted by atomic mass is 10.1. The van der Waals surface area contributed by atoms with Crippen molar-refractivity contribution < 1.29 is 13.2 Å². The minimum absolute atomic E-state index is 0.0509. The maximum atomic E-state index is 11.5. The van der Waals surface area contributed by atoms with E-state index in [0.717, 1.165) is 5.56 Å². The molecule has 0 aliphatic heterocycles. The topological polar surface area (TPSA) is 63.2 Å². The summed E-state index contributed by atoms with van der Waals surface area (Å²) in [7, 11) is -1.84. The van der Waals surface area contributed by atoms with Crippen molar-refractivity contribution in [3.8, 4) is 0 Å². The molecule has 0 saturated heterocycles. The van der Waals surface area contributed by atoms with Gasteiger partial charge in [0.05, 0.1) is 5.75 Å². The third-order valence-electron chi connectivity index (χ3n) is 2.39. The second-order valence-corrected chi connectivity index (χ2v) is 6.04. The number of carbonyl (C=O) groups is 1. The highest BCUT2D eigenvalue weighted by Crippen LogP contribution is 2.04. The smallest absolute Gasteiger partial charge is 0.234 e. The molecule has 94 valence electrons. The van der Waals surface area contributed by atoms with Crippen LogP contribution in [0.2, 0.25) is 0 Å². The van der Waals surface area contributed by atoms with Crippen LogP contribution in [0.4, 0.5) is 0 Å². The van der Waals surface area contributed by atoms with Crippen molar-refractivity contribution in [3.05, 3.63) is 35.9 Å². The van der Waals surface area contributed by atoms with E-state index in [2.05, 4.69) is 5.32 Å². The minimum Gasteiger partial charge on any atom is -0.358 e. The number of nitrogens with one attached hydrogen (secondary N) is 1. The summed E-state index contributed by atoms with van der Waals surface area (Å²) in [5, 5.41) is 2.31. The third kappa shape index (κ3) is 5.49. The van der Waals surface area contributed by atoms with Crippen LogP contribution in [0.15, 0.2) is 30.3 Å². The van der Waals surface area contributed by atoms with E-state index in [1.165, 1.54) is 7.05 Å². The number of hydrogen-bond acceptors (Lipinski definition) is 3. The molecule has 0 spiro atoms. The zero-order chi connectivity index (χ0) is 12.7. The molecule has 17 heavy (non-hydrogen) atoms. The van der Waals surface area contributed by atoms with Crippen LogP contribution in [-0.2, 0) is 21.1 Å². The number of sulfone groups is 1. The summed E-state index contributed by atoms with van der Waals surface area (Å²) in [6.45, 7) is 0. The van der Waals surface area contributed by atoms with E-state index < -0.39 is 21.5 Å². The number of carbonyl (C=O) groups excluding carboxylic acids is 1. The summed E-state index contributed by atoms with van der Waals surface area (Å²) in [5.41, 5.74) is 1.11. The molecule has 0 aliphatic carbocycles. The first kappa shape index (κ1) is 13.7. The molecule has 0 bridgehead atoms. The molecule has 1 amide bonds. The molecule has 1 N–H and O–H groups in total. The molecule has 0 saturated carbocycles. The molecule has 0 unspecified atom stereocenters. The van der Waals surface area contributed by atoms with Gasteiger partial charge in [-0.1, -0.05) is 30.3 Å². The first-order chi connectivity index (χ1) is 8.03. The van der Waals surface area contributed by atoms with Crippen LogP contribution >= 0.6 is 0 Å². The van der Waals surface area contributed by atoms with Crippen LogP contribution in [0.1, 0.15) is 12.0 Å². The Hall–Kier alpha value is -1.36. The fourth-order valence-electron chi connectivity index (χ4n) is 1.48. The highest BCUT2D eigenvalue weighted by Gasteiger charge is 2.14. The van der Waals surface area contributed by atoms with E-state index in [9.17, 15) is 13.2 Å². The van der Waals surface area contributed by atoms with Crippen LogP contribution in [0.5, 0.6) is 0 Å². The van der Waals surface area contributed by atoms with Gasteiger partial charge >= 0.3 is 0 Å². The molecule has 1 aromatic rings. The van der Waals surface area contributed by atoms with Gasteiger partial charge in [-0.05, 0) is 18.4 Å². The number of rotatable bonds is 6. The van der Waals surface area contributed by atoms with Crippen LogP contribution < -0.4 is 5.32 Å². The quantitative estimate of drug-likeness (QED) is 0.817. The molecule has 0 radical (unpaired) electrons. The van der Waals surface area contributed by atoms with E-state index in [1.54, 1.807) is 0 Å². The van der Waals surface area contributed by atoms with E-state index in [0.29, 0.717) is 12.8 Å². The Morgan fingerprint density at radius 1 is 1.24 bits per heavy atom. The van der Waals surface area contributed by atoms with Gasteiger partial charge in [0.2, 0.25) is 5.91 Å². The van der Waals surface area contributed by atoms with Gasteiger partial charge in [0.15, 0.2) is 9.84 Å². The zero-order valence-electron chi connectivity index (χ0n) is 9.85. The predicted octanol–water partition coefficient (Wildman–Crippen LogP) is 0.780. The Labute approximate surface area is 102 Å². The predicted molar refractivity (Wildman–Crippen MR) is 67.5 cm³/mol. The molecule has 0 fully saturated rings. The fraction of sp³-hybridized carbons (Fsp3) is 0.417. The van der Waals surface area contributed by atoms with E-state index in [-0.39, 0.29) is 5.75 Å². The molecule has 4 nitrogen and oxygen atoms in total. The van der Waals surface area contributed by atoms with Gasteiger partial charge in [-0.3, -0.25) is 4.79 Å². The van der Waals surface area contributed by atoms with E-state index in [4.69, 9.17) is 0 Å². The van der Waals surface area contributed by atoms with E-state index >= 15 is 0 Å². The maximum Gasteiger partial charge on any atom is 0.234 e. The van der Waals surface area contributed by atoms with Gasteiger partial charge < -0.3 is 5.32 Å². The normalized spacial score (nSPS) is 11.1. The fourth-order valence-corrected chi connectivity index (χ4v) is 2.76. The van der Waals surface area contributed by atoms with Gasteiger partial charge in [0.1, 0.15) is 5.75 Å². The highest BCUT2D eigenvalue weighted by atomic mass is 32.2. The van der Waals surface area contributed by atoms with Crippen LogP contribution in [-0.4, -0.2) is 32.9 Å². The summed E-state index contributed by atoms with van der Waals surface area (Å²) in [6.07, 6.45) is 1.26. The maximum absolute atomic E-state index is 11.5. The standard InChI is InChI=1S/C12H17NO3S/c1-13-12(14)10-17(15,16)9-5-8-11-6-3-2-4-7-11/h2-4,6-7H,5,8-10H2,1H3,(H,13,14). The van der Waals surface area contributed by atoms with Crippen molar-refractivity contribution in [2.24, 2.45) is 0 Å². The molecule has 0 atom stereocenters. The Balaban J connectivity index is 2.38. The lowest BCUT2D eigenvalue weighted by molar-refractivity contribution is -0.118. The molecule has 0 aliphatic rings. The van der Waals surface area contributed by atoms with Gasteiger partial charge in [0.25, 0.3) is 0 Å². The van der Waals surface area contributed by atoms with Gasteiger partial charge in [-0.15, -0.1) is 0 Å². The average Bonchev–Trinajstić information content (AvgIpc) is 2.29. The molecular weight excluding hydrogens is 238 g/mol. The van der Waals surface area contributed by atoms with Gasteiger partial charge in [-0.25, -0.2) is 8.42 Å². The largest absolute Gasteiger partial charge is 0.358 e. The van der Waals surface area contributed by atoms with E-state index in [1.807, 2.05) is 30.3 Å². The lowest BCUT2D eigenvalue weighted by Crippen LogP contribution is -2.28. The van der Waals surface area contributed by atoms with Gasteiger partial charge in [0, 0.05) is 7.05 Å². The van der Waals surface area contributed by atoms with Crippen molar-refractivity contribution in [3.63, 3.8) is 0 Å². The lowest BCUT2D eigenvalue weighted by Gasteiger charge is -2.03. The monoisotopic (exact) mass is 255 g/mol. The van der Waals surface area contributed by atoms with Crippen molar-refractivity contribution in [2.45, 2.75) is 12.8 Å². The Morgan fingerprint density at radius 2 is 1.88 bits per heavy atom. The highest BCUT2D eigenvalue weighted by molar-refractivity contribution is 7.92. The summed E-state index contributed by atoms with van der Waals surface area (Å²) in [4.78, 5) is 11.0. The summed E-state index contributed by atoms with van der Waals surface area (Å²) >= 11 is 0. The summed E-state index contributed by atoms with van der Waals surface area (Å²) in [5.74, 6) is -0.821. The minimum atomic E-state index is -3.28. The second-order valence-electron chi connectivity index (χ2n) is 3.85. The number of benzene rings is 1. The number of hydrogen-bond donors (Lipinski definition) is 1. The molecule has 0 heterocycles. The number of amides is 1. The van der Waals surface area contributed by atoms with Gasteiger partial charge in [-0.2, -0.15) is 0 Å². The van der Waals surface area contributed by atoms with Crippen molar-refractivity contribution in [1.29, 1.82) is 0 Å². The average molecular weight is 255 g/mol. The summed E-state index contributed by atoms with van der Waals surface area (Å²) < 4.78 is 23.1. The Morgan fingerprint density at radius 3 is 2.47 bits per heavy atom. The molecule has 1 rings (SSSR count). The Kier molecular flexibility index (Phi) is 5.15. The van der Waals surface area contributed by atoms with Crippen molar-refractivity contribution >= 4 is 15.7 Å². The van der Waals surface area contributed by atoms with Crippen LogP contribution in [0.25, 0.3) is 0 Å². The zero-order valence-corrected chi connectivity index (χ0v) is 10.7. The number of aryl methyl sites for hydroxylation is 1. The second kappa shape index (κ2) is 6.39. The Bertz CT molecular complexity index is 454. The van der Waals surface area contributed by atoms with Crippen LogP contribution in [0.3, 0.4) is 0 Å². The molecule has 1 aromatic carbocycles. The van der Waals surface area contributed by atoms with Crippen molar-refractivity contribution in [2.75, 3.05) is 18.6 Å². The third-order valence-corrected chi connectivity index (χ3v) is 4.01.